The third kappa shape index (κ3) is 4.28. The van der Waals surface area contributed by atoms with Crippen molar-refractivity contribution in [2.45, 2.75) is 4.90 Å². The lowest BCUT2D eigenvalue weighted by Crippen LogP contribution is -2.13. The summed E-state index contributed by atoms with van der Waals surface area (Å²) in [6, 6.07) is 9.29. The molecule has 0 fully saturated rings. The van der Waals surface area contributed by atoms with Gasteiger partial charge in [-0.05, 0) is 41.5 Å². The number of hydrogen-bond acceptors (Lipinski definition) is 4. The summed E-state index contributed by atoms with van der Waals surface area (Å²) in [5.74, 6) is -7.06. The van der Waals surface area contributed by atoms with Crippen LogP contribution in [0.1, 0.15) is 0 Å². The van der Waals surface area contributed by atoms with Gasteiger partial charge < -0.3 is 9.80 Å². The third-order valence-electron chi connectivity index (χ3n) is 4.96. The highest BCUT2D eigenvalue weighted by molar-refractivity contribution is 7.89. The van der Waals surface area contributed by atoms with E-state index in [-0.39, 0.29) is 16.0 Å². The van der Waals surface area contributed by atoms with E-state index in [2.05, 4.69) is 0 Å². The number of hydrogen-bond donors (Lipinski definition) is 1. The molecule has 0 aliphatic carbocycles. The van der Waals surface area contributed by atoms with Crippen molar-refractivity contribution >= 4 is 21.4 Å². The molecule has 3 aromatic rings. The lowest BCUT2D eigenvalue weighted by Gasteiger charge is -2.22. The maximum Gasteiger partial charge on any atom is 0.238 e. The summed E-state index contributed by atoms with van der Waals surface area (Å²) in [4.78, 5) is 3.19. The first kappa shape index (κ1) is 23.6. The molecule has 0 aliphatic heterocycles. The second kappa shape index (κ2) is 8.44. The third-order valence-corrected chi connectivity index (χ3v) is 5.89. The highest BCUT2D eigenvalue weighted by Crippen LogP contribution is 2.41. The predicted molar refractivity (Wildman–Crippen MR) is 117 cm³/mol. The fourth-order valence-electron chi connectivity index (χ4n) is 3.24. The maximum absolute atomic E-state index is 15.1. The SMILES string of the molecule is CN(C)c1cc(-c2c(F)c(F)c(F)c(F)c2-c2ccc(S(N)(=O)=O)cc2)cc(N(C)C)c1. The largest absolute Gasteiger partial charge is 0.378 e. The Hall–Kier alpha value is -3.11. The van der Waals surface area contributed by atoms with E-state index in [1.165, 1.54) is 12.1 Å². The summed E-state index contributed by atoms with van der Waals surface area (Å²) >= 11 is 0. The fourth-order valence-corrected chi connectivity index (χ4v) is 3.76. The Morgan fingerprint density at radius 1 is 0.656 bits per heavy atom. The molecule has 0 amide bonds. The van der Waals surface area contributed by atoms with Gasteiger partial charge in [-0.15, -0.1) is 0 Å². The molecule has 3 aromatic carbocycles. The zero-order valence-electron chi connectivity index (χ0n) is 17.7. The van der Waals surface area contributed by atoms with Crippen LogP contribution in [0.5, 0.6) is 0 Å². The van der Waals surface area contributed by atoms with E-state index in [1.54, 1.807) is 44.1 Å². The van der Waals surface area contributed by atoms with Crippen LogP contribution in [0.2, 0.25) is 0 Å². The topological polar surface area (TPSA) is 66.6 Å². The number of nitrogens with zero attached hydrogens (tertiary/aromatic N) is 2. The van der Waals surface area contributed by atoms with Gasteiger partial charge in [-0.1, -0.05) is 12.1 Å². The number of nitrogens with two attached hydrogens (primary N) is 1. The monoisotopic (exact) mass is 467 g/mol. The summed E-state index contributed by atoms with van der Waals surface area (Å²) in [6.07, 6.45) is 0. The second-order valence-corrected chi connectivity index (χ2v) is 9.16. The first-order valence-corrected chi connectivity index (χ1v) is 10.9. The van der Waals surface area contributed by atoms with Gasteiger partial charge in [0.25, 0.3) is 0 Å². The van der Waals surface area contributed by atoms with Crippen molar-refractivity contribution in [3.63, 3.8) is 0 Å². The lowest BCUT2D eigenvalue weighted by atomic mass is 9.92. The second-order valence-electron chi connectivity index (χ2n) is 7.60. The van der Waals surface area contributed by atoms with Crippen LogP contribution in [-0.2, 0) is 10.0 Å². The van der Waals surface area contributed by atoms with E-state index in [1.807, 2.05) is 0 Å². The van der Waals surface area contributed by atoms with Crippen LogP contribution in [0.4, 0.5) is 28.9 Å². The highest BCUT2D eigenvalue weighted by atomic mass is 32.2. The summed E-state index contributed by atoms with van der Waals surface area (Å²) < 4.78 is 81.6. The van der Waals surface area contributed by atoms with E-state index in [0.29, 0.717) is 11.4 Å². The average molecular weight is 467 g/mol. The molecule has 0 heterocycles. The normalized spacial score (nSPS) is 11.5. The van der Waals surface area contributed by atoms with Crippen molar-refractivity contribution in [2.75, 3.05) is 38.0 Å². The minimum Gasteiger partial charge on any atom is -0.378 e. The molecule has 170 valence electrons. The first-order valence-electron chi connectivity index (χ1n) is 9.32. The average Bonchev–Trinajstić information content (AvgIpc) is 2.73. The van der Waals surface area contributed by atoms with Crippen molar-refractivity contribution in [3.05, 3.63) is 65.7 Å². The van der Waals surface area contributed by atoms with Crippen molar-refractivity contribution in [3.8, 4) is 22.3 Å². The molecule has 3 rings (SSSR count). The van der Waals surface area contributed by atoms with Crippen LogP contribution >= 0.6 is 0 Å². The van der Waals surface area contributed by atoms with Gasteiger partial charge in [-0.3, -0.25) is 0 Å². The Bertz CT molecular complexity index is 1270. The van der Waals surface area contributed by atoms with Gasteiger partial charge in [-0.2, -0.15) is 0 Å². The van der Waals surface area contributed by atoms with E-state index in [9.17, 15) is 21.6 Å². The maximum atomic E-state index is 15.1. The molecule has 0 saturated carbocycles. The smallest absolute Gasteiger partial charge is 0.238 e. The molecule has 0 radical (unpaired) electrons. The van der Waals surface area contributed by atoms with Crippen LogP contribution in [0.3, 0.4) is 0 Å². The van der Waals surface area contributed by atoms with Crippen molar-refractivity contribution < 1.29 is 26.0 Å². The molecule has 0 spiro atoms. The van der Waals surface area contributed by atoms with Crippen LogP contribution in [0, 0.1) is 23.3 Å². The minimum absolute atomic E-state index is 0.0515. The molecular weight excluding hydrogens is 446 g/mol. The molecule has 0 unspecified atom stereocenters. The molecule has 5 nitrogen and oxygen atoms in total. The standard InChI is InChI=1S/C22H21F4N3O2S/c1-28(2)14-9-13(10-15(11-14)29(3)4)18-17(19(23)21(25)22(26)20(18)24)12-5-7-16(8-6-12)32(27,30)31/h5-11H,1-4H3,(H2,27,30,31). The Labute approximate surface area is 183 Å². The quantitative estimate of drug-likeness (QED) is 0.344. The molecule has 0 atom stereocenters. The van der Waals surface area contributed by atoms with Crippen LogP contribution in [-0.4, -0.2) is 36.6 Å². The summed E-state index contributed by atoms with van der Waals surface area (Å²) in [5, 5.41) is 5.07. The van der Waals surface area contributed by atoms with Crippen molar-refractivity contribution in [2.24, 2.45) is 5.14 Å². The van der Waals surface area contributed by atoms with Gasteiger partial charge in [0.1, 0.15) is 0 Å². The van der Waals surface area contributed by atoms with Gasteiger partial charge in [0.2, 0.25) is 10.0 Å². The predicted octanol–water partition coefficient (Wildman–Crippen LogP) is 4.36. The number of primary sulfonamides is 1. The molecule has 10 heteroatoms. The molecular formula is C22H21F4N3O2S. The van der Waals surface area contributed by atoms with E-state index < -0.39 is 44.4 Å². The highest BCUT2D eigenvalue weighted by Gasteiger charge is 2.28. The minimum atomic E-state index is -4.04. The Morgan fingerprint density at radius 2 is 1.06 bits per heavy atom. The van der Waals surface area contributed by atoms with Crippen molar-refractivity contribution in [1.29, 1.82) is 0 Å². The molecule has 32 heavy (non-hydrogen) atoms. The summed E-state index contributed by atoms with van der Waals surface area (Å²) in [6.45, 7) is 0. The molecule has 0 saturated heterocycles. The van der Waals surface area contributed by atoms with Gasteiger partial charge in [0, 0.05) is 50.7 Å². The Morgan fingerprint density at radius 3 is 1.44 bits per heavy atom. The zero-order valence-corrected chi connectivity index (χ0v) is 18.6. The lowest BCUT2D eigenvalue weighted by molar-refractivity contribution is 0.412. The van der Waals surface area contributed by atoms with E-state index in [0.717, 1.165) is 24.3 Å². The number of halogens is 4. The number of anilines is 2. The number of sulfonamides is 1. The van der Waals surface area contributed by atoms with Crippen molar-refractivity contribution in [1.82, 2.24) is 0 Å². The van der Waals surface area contributed by atoms with Gasteiger partial charge in [0.05, 0.1) is 4.90 Å². The summed E-state index contributed by atoms with van der Waals surface area (Å²) in [7, 11) is 2.93. The van der Waals surface area contributed by atoms with Gasteiger partial charge in [0.15, 0.2) is 23.3 Å². The van der Waals surface area contributed by atoms with E-state index >= 15 is 4.39 Å². The first-order chi connectivity index (χ1) is 14.8. The molecule has 0 aromatic heterocycles. The number of rotatable bonds is 5. The van der Waals surface area contributed by atoms with Crippen LogP contribution in [0.15, 0.2) is 47.4 Å². The Balaban J connectivity index is 2.40. The summed E-state index contributed by atoms with van der Waals surface area (Å²) in [5.41, 5.74) is 0.266. The van der Waals surface area contributed by atoms with Gasteiger partial charge >= 0.3 is 0 Å². The zero-order chi connectivity index (χ0) is 24.0. The molecule has 2 N–H and O–H groups in total. The molecule has 0 bridgehead atoms. The van der Waals surface area contributed by atoms with Crippen LogP contribution < -0.4 is 14.9 Å². The molecule has 0 aliphatic rings. The van der Waals surface area contributed by atoms with E-state index in [4.69, 9.17) is 5.14 Å². The Kier molecular flexibility index (Phi) is 6.21. The number of benzene rings is 3. The van der Waals surface area contributed by atoms with Gasteiger partial charge in [-0.25, -0.2) is 31.1 Å². The van der Waals surface area contributed by atoms with Crippen LogP contribution in [0.25, 0.3) is 22.3 Å². The fraction of sp³-hybridized carbons (Fsp3) is 0.182.